The number of hydrogen-bond acceptors (Lipinski definition) is 4. The highest BCUT2D eigenvalue weighted by molar-refractivity contribution is 5.85. The SMILES string of the molecule is Cc1cc(-c2cc(CN3CCN(C)CC3)c(=O)n(Cc3ccccc3)n2)ccc1F.Cl.Cl. The molecule has 0 N–H and O–H groups in total. The summed E-state index contributed by atoms with van der Waals surface area (Å²) in [6.45, 7) is 6.59. The molecule has 1 aliphatic rings. The van der Waals surface area contributed by atoms with Gasteiger partial charge in [0.15, 0.2) is 0 Å². The number of rotatable bonds is 5. The van der Waals surface area contributed by atoms with E-state index >= 15 is 0 Å². The van der Waals surface area contributed by atoms with Gasteiger partial charge >= 0.3 is 0 Å². The molecule has 5 nitrogen and oxygen atoms in total. The van der Waals surface area contributed by atoms with Gasteiger partial charge in [-0.05, 0) is 49.4 Å². The molecule has 0 unspecified atom stereocenters. The third kappa shape index (κ3) is 6.17. The smallest absolute Gasteiger partial charge is 0.271 e. The first kappa shape index (κ1) is 26.0. The standard InChI is InChI=1S/C24H27FN4O.2ClH/c1-18-14-20(8-9-22(18)25)23-15-21(17-28-12-10-27(2)11-13-28)24(30)29(26-23)16-19-6-4-3-5-7-19;;/h3-9,14-15H,10-13,16-17H2,1-2H3;2*1H. The van der Waals surface area contributed by atoms with E-state index in [9.17, 15) is 9.18 Å². The molecule has 1 fully saturated rings. The van der Waals surface area contributed by atoms with E-state index in [1.807, 2.05) is 36.4 Å². The van der Waals surface area contributed by atoms with Crippen LogP contribution in [0.2, 0.25) is 0 Å². The summed E-state index contributed by atoms with van der Waals surface area (Å²) >= 11 is 0. The third-order valence-corrected chi connectivity index (χ3v) is 5.67. The molecule has 32 heavy (non-hydrogen) atoms. The second-order valence-electron chi connectivity index (χ2n) is 8.05. The van der Waals surface area contributed by atoms with E-state index in [4.69, 9.17) is 0 Å². The molecule has 8 heteroatoms. The Hall–Kier alpha value is -2.25. The zero-order chi connectivity index (χ0) is 21.1. The van der Waals surface area contributed by atoms with Crippen molar-refractivity contribution in [2.45, 2.75) is 20.0 Å². The lowest BCUT2D eigenvalue weighted by Crippen LogP contribution is -2.45. The number of halogens is 3. The monoisotopic (exact) mass is 478 g/mol. The van der Waals surface area contributed by atoms with Crippen molar-refractivity contribution in [3.63, 3.8) is 0 Å². The largest absolute Gasteiger partial charge is 0.304 e. The number of nitrogens with zero attached hydrogens (tertiary/aromatic N) is 4. The van der Waals surface area contributed by atoms with Crippen LogP contribution < -0.4 is 5.56 Å². The highest BCUT2D eigenvalue weighted by Gasteiger charge is 2.18. The molecule has 172 valence electrons. The first-order chi connectivity index (χ1) is 14.5. The number of aryl methyl sites for hydroxylation is 1. The highest BCUT2D eigenvalue weighted by Crippen LogP contribution is 2.21. The minimum absolute atomic E-state index is 0. The Labute approximate surface area is 200 Å². The summed E-state index contributed by atoms with van der Waals surface area (Å²) in [6.07, 6.45) is 0. The minimum atomic E-state index is -0.242. The predicted molar refractivity (Wildman–Crippen MR) is 131 cm³/mol. The van der Waals surface area contributed by atoms with Gasteiger partial charge in [-0.2, -0.15) is 5.10 Å². The minimum Gasteiger partial charge on any atom is -0.304 e. The molecule has 0 radical (unpaired) electrons. The van der Waals surface area contributed by atoms with Crippen molar-refractivity contribution in [2.24, 2.45) is 0 Å². The zero-order valence-electron chi connectivity index (χ0n) is 18.3. The van der Waals surface area contributed by atoms with Crippen molar-refractivity contribution in [2.75, 3.05) is 33.2 Å². The second-order valence-corrected chi connectivity index (χ2v) is 8.05. The molecule has 0 aliphatic carbocycles. The molecule has 1 saturated heterocycles. The molecule has 2 aromatic carbocycles. The summed E-state index contributed by atoms with van der Waals surface area (Å²) in [4.78, 5) is 17.8. The van der Waals surface area contributed by atoms with Gasteiger partial charge in [0.25, 0.3) is 5.56 Å². The summed E-state index contributed by atoms with van der Waals surface area (Å²) in [5.74, 6) is -0.242. The zero-order valence-corrected chi connectivity index (χ0v) is 20.0. The Morgan fingerprint density at radius 2 is 1.62 bits per heavy atom. The molecule has 0 amide bonds. The maximum Gasteiger partial charge on any atom is 0.271 e. The normalized spacial score (nSPS) is 14.5. The number of aromatic nitrogens is 2. The van der Waals surface area contributed by atoms with Gasteiger partial charge in [-0.15, -0.1) is 24.8 Å². The van der Waals surface area contributed by atoms with Gasteiger partial charge in [0.1, 0.15) is 5.82 Å². The molecule has 1 aromatic heterocycles. The Morgan fingerprint density at radius 3 is 2.28 bits per heavy atom. The van der Waals surface area contributed by atoms with Gasteiger partial charge in [-0.25, -0.2) is 9.07 Å². The van der Waals surface area contributed by atoms with Crippen LogP contribution in [0.5, 0.6) is 0 Å². The third-order valence-electron chi connectivity index (χ3n) is 5.67. The van der Waals surface area contributed by atoms with Crippen LogP contribution >= 0.6 is 24.8 Å². The second kappa shape index (κ2) is 11.6. The van der Waals surface area contributed by atoms with E-state index in [0.29, 0.717) is 24.3 Å². The summed E-state index contributed by atoms with van der Waals surface area (Å²) in [5.41, 5.74) is 3.75. The fraction of sp³-hybridized carbons (Fsp3) is 0.333. The van der Waals surface area contributed by atoms with Gasteiger partial charge < -0.3 is 4.90 Å². The number of likely N-dealkylation sites (N-methyl/N-ethyl adjacent to an activating group) is 1. The molecule has 0 bridgehead atoms. The Morgan fingerprint density at radius 1 is 0.938 bits per heavy atom. The molecule has 0 atom stereocenters. The van der Waals surface area contributed by atoms with Gasteiger partial charge in [-0.1, -0.05) is 30.3 Å². The summed E-state index contributed by atoms with van der Waals surface area (Å²) in [6, 6.07) is 16.7. The van der Waals surface area contributed by atoms with Gasteiger partial charge in [0.2, 0.25) is 0 Å². The van der Waals surface area contributed by atoms with E-state index in [-0.39, 0.29) is 36.2 Å². The molecule has 0 saturated carbocycles. The molecule has 0 spiro atoms. The molecular weight excluding hydrogens is 450 g/mol. The number of hydrogen-bond donors (Lipinski definition) is 0. The quantitative estimate of drug-likeness (QED) is 0.555. The predicted octanol–water partition coefficient (Wildman–Crippen LogP) is 4.00. The van der Waals surface area contributed by atoms with E-state index < -0.39 is 0 Å². The molecule has 4 rings (SSSR count). The van der Waals surface area contributed by atoms with Crippen molar-refractivity contribution in [3.05, 3.63) is 87.5 Å². The first-order valence-corrected chi connectivity index (χ1v) is 10.3. The fourth-order valence-electron chi connectivity index (χ4n) is 3.77. The maximum absolute atomic E-state index is 13.8. The van der Waals surface area contributed by atoms with Crippen LogP contribution in [0.3, 0.4) is 0 Å². The molecule has 3 aromatic rings. The topological polar surface area (TPSA) is 41.4 Å². The van der Waals surface area contributed by atoms with Crippen LogP contribution in [-0.4, -0.2) is 52.8 Å². The van der Waals surface area contributed by atoms with Crippen LogP contribution in [0, 0.1) is 12.7 Å². The van der Waals surface area contributed by atoms with Crippen molar-refractivity contribution in [3.8, 4) is 11.3 Å². The van der Waals surface area contributed by atoms with E-state index in [2.05, 4.69) is 21.9 Å². The average molecular weight is 479 g/mol. The lowest BCUT2D eigenvalue weighted by Gasteiger charge is -2.32. The van der Waals surface area contributed by atoms with Crippen molar-refractivity contribution < 1.29 is 4.39 Å². The number of benzene rings is 2. The summed E-state index contributed by atoms with van der Waals surface area (Å²) < 4.78 is 15.3. The van der Waals surface area contributed by atoms with Gasteiger partial charge in [0.05, 0.1) is 12.2 Å². The lowest BCUT2D eigenvalue weighted by atomic mass is 10.1. The summed E-state index contributed by atoms with van der Waals surface area (Å²) in [5, 5.41) is 4.63. The lowest BCUT2D eigenvalue weighted by molar-refractivity contribution is 0.147. The molecule has 1 aliphatic heterocycles. The molecule has 2 heterocycles. The van der Waals surface area contributed by atoms with Crippen molar-refractivity contribution in [1.29, 1.82) is 0 Å². The van der Waals surface area contributed by atoms with E-state index in [1.165, 1.54) is 10.7 Å². The van der Waals surface area contributed by atoms with Crippen LogP contribution in [0.15, 0.2) is 59.4 Å². The van der Waals surface area contributed by atoms with Crippen LogP contribution in [-0.2, 0) is 13.1 Å². The first-order valence-electron chi connectivity index (χ1n) is 10.3. The van der Waals surface area contributed by atoms with Crippen LogP contribution in [0.25, 0.3) is 11.3 Å². The maximum atomic E-state index is 13.8. The Bertz CT molecular complexity index is 1080. The Balaban J connectivity index is 0.00000181. The average Bonchev–Trinajstić information content (AvgIpc) is 2.75. The van der Waals surface area contributed by atoms with Gasteiger partial charge in [-0.3, -0.25) is 9.69 Å². The Kier molecular flexibility index (Phi) is 9.40. The van der Waals surface area contributed by atoms with E-state index in [0.717, 1.165) is 42.9 Å². The van der Waals surface area contributed by atoms with Crippen LogP contribution in [0.1, 0.15) is 16.7 Å². The molecular formula is C24H29Cl2FN4O. The fourth-order valence-corrected chi connectivity index (χ4v) is 3.77. The van der Waals surface area contributed by atoms with E-state index in [1.54, 1.807) is 19.1 Å². The summed E-state index contributed by atoms with van der Waals surface area (Å²) in [7, 11) is 2.12. The number of piperazine rings is 1. The van der Waals surface area contributed by atoms with Crippen molar-refractivity contribution >= 4 is 24.8 Å². The highest BCUT2D eigenvalue weighted by atomic mass is 35.5. The van der Waals surface area contributed by atoms with Crippen LogP contribution in [0.4, 0.5) is 4.39 Å². The van der Waals surface area contributed by atoms with Crippen molar-refractivity contribution in [1.82, 2.24) is 19.6 Å². The van der Waals surface area contributed by atoms with Gasteiger partial charge in [0, 0.05) is 43.9 Å².